The summed E-state index contributed by atoms with van der Waals surface area (Å²) in [7, 11) is 1.59. The van der Waals surface area contributed by atoms with Crippen LogP contribution in [0.15, 0.2) is 30.5 Å². The summed E-state index contributed by atoms with van der Waals surface area (Å²) in [5.41, 5.74) is 1.49. The average molecular weight is 255 g/mol. The highest BCUT2D eigenvalue weighted by Crippen LogP contribution is 2.30. The second-order valence-electron chi connectivity index (χ2n) is 3.06. The predicted octanol–water partition coefficient (Wildman–Crippen LogP) is 3.46. The molecule has 0 unspecified atom stereocenters. The molecule has 1 aromatic heterocycles. The highest BCUT2D eigenvalue weighted by Gasteiger charge is 2.06. The van der Waals surface area contributed by atoms with Crippen LogP contribution >= 0.6 is 23.2 Å². The van der Waals surface area contributed by atoms with Crippen molar-refractivity contribution in [1.82, 2.24) is 9.97 Å². The van der Waals surface area contributed by atoms with Gasteiger partial charge in [-0.1, -0.05) is 11.6 Å². The van der Waals surface area contributed by atoms with E-state index < -0.39 is 0 Å². The van der Waals surface area contributed by atoms with Crippen molar-refractivity contribution in [3.63, 3.8) is 0 Å². The summed E-state index contributed by atoms with van der Waals surface area (Å²) in [5, 5.41) is 0.763. The van der Waals surface area contributed by atoms with E-state index in [1.54, 1.807) is 25.4 Å². The van der Waals surface area contributed by atoms with E-state index in [4.69, 9.17) is 27.9 Å². The lowest BCUT2D eigenvalue weighted by molar-refractivity contribution is 0.415. The molecule has 0 aliphatic heterocycles. The zero-order valence-electron chi connectivity index (χ0n) is 8.45. The normalized spacial score (nSPS) is 10.2. The van der Waals surface area contributed by atoms with Gasteiger partial charge in [-0.25, -0.2) is 9.97 Å². The van der Waals surface area contributed by atoms with Crippen molar-refractivity contribution in [3.05, 3.63) is 40.8 Å². The Morgan fingerprint density at radius 2 is 2.00 bits per heavy atom. The number of hydrogen-bond donors (Lipinski definition) is 0. The van der Waals surface area contributed by atoms with Gasteiger partial charge in [0, 0.05) is 11.8 Å². The molecule has 0 atom stereocenters. The highest BCUT2D eigenvalue weighted by molar-refractivity contribution is 6.33. The number of hydrogen-bond acceptors (Lipinski definition) is 3. The summed E-state index contributed by atoms with van der Waals surface area (Å²) in [4.78, 5) is 7.90. The van der Waals surface area contributed by atoms with Crippen molar-refractivity contribution in [2.45, 2.75) is 0 Å². The Balaban J connectivity index is 2.48. The molecule has 0 amide bonds. The molecule has 0 bridgehead atoms. The number of nitrogens with zero attached hydrogens (tertiary/aromatic N) is 2. The maximum absolute atomic E-state index is 6.11. The molecule has 1 aromatic carbocycles. The molecule has 0 N–H and O–H groups in total. The lowest BCUT2D eigenvalue weighted by atomic mass is 10.1. The molecular weight excluding hydrogens is 247 g/mol. The Kier molecular flexibility index (Phi) is 3.27. The van der Waals surface area contributed by atoms with Gasteiger partial charge in [0.1, 0.15) is 5.75 Å². The van der Waals surface area contributed by atoms with Crippen molar-refractivity contribution in [3.8, 4) is 17.0 Å². The van der Waals surface area contributed by atoms with Gasteiger partial charge in [-0.05, 0) is 35.9 Å². The Hall–Kier alpha value is -1.32. The summed E-state index contributed by atoms with van der Waals surface area (Å²) >= 11 is 11.8. The highest BCUT2D eigenvalue weighted by atomic mass is 35.5. The molecule has 82 valence electrons. The largest absolute Gasteiger partial charge is 0.497 e. The minimum absolute atomic E-state index is 0.199. The van der Waals surface area contributed by atoms with E-state index in [1.807, 2.05) is 12.1 Å². The van der Waals surface area contributed by atoms with Crippen LogP contribution in [0.4, 0.5) is 0 Å². The van der Waals surface area contributed by atoms with E-state index in [9.17, 15) is 0 Å². The third-order valence-electron chi connectivity index (χ3n) is 2.08. The molecule has 0 spiro atoms. The van der Waals surface area contributed by atoms with Crippen LogP contribution < -0.4 is 4.74 Å². The molecular formula is C11H8Cl2N2O. The maximum Gasteiger partial charge on any atom is 0.222 e. The molecule has 0 aliphatic rings. The Labute approximate surface area is 103 Å². The first-order valence-corrected chi connectivity index (χ1v) is 5.29. The average Bonchev–Trinajstić information content (AvgIpc) is 2.28. The fraction of sp³-hybridized carbons (Fsp3) is 0.0909. The molecule has 0 saturated carbocycles. The third-order valence-corrected chi connectivity index (χ3v) is 2.57. The molecule has 5 heteroatoms. The second-order valence-corrected chi connectivity index (χ2v) is 3.80. The molecule has 0 saturated heterocycles. The SMILES string of the molecule is COc1ccc(-c2ccnc(Cl)n2)c(Cl)c1. The number of rotatable bonds is 2. The smallest absolute Gasteiger partial charge is 0.222 e. The van der Waals surface area contributed by atoms with Gasteiger partial charge in [-0.2, -0.15) is 0 Å². The van der Waals surface area contributed by atoms with E-state index >= 15 is 0 Å². The molecule has 0 radical (unpaired) electrons. The van der Waals surface area contributed by atoms with Crippen LogP contribution in [0.1, 0.15) is 0 Å². The van der Waals surface area contributed by atoms with Crippen LogP contribution in [-0.4, -0.2) is 17.1 Å². The van der Waals surface area contributed by atoms with Crippen LogP contribution in [0.25, 0.3) is 11.3 Å². The number of halogens is 2. The first-order valence-electron chi connectivity index (χ1n) is 4.53. The minimum atomic E-state index is 0.199. The standard InChI is InChI=1S/C11H8Cl2N2O/c1-16-7-2-3-8(9(12)6-7)10-4-5-14-11(13)15-10/h2-6H,1H3. The van der Waals surface area contributed by atoms with E-state index in [0.29, 0.717) is 16.5 Å². The Bertz CT molecular complexity index is 517. The summed E-state index contributed by atoms with van der Waals surface area (Å²) in [6.45, 7) is 0. The van der Waals surface area contributed by atoms with E-state index in [1.165, 1.54) is 0 Å². The van der Waals surface area contributed by atoms with Gasteiger partial charge in [0.25, 0.3) is 0 Å². The quantitative estimate of drug-likeness (QED) is 0.771. The second kappa shape index (κ2) is 4.68. The molecule has 1 heterocycles. The van der Waals surface area contributed by atoms with Crippen molar-refractivity contribution in [2.24, 2.45) is 0 Å². The first kappa shape index (κ1) is 11.2. The Morgan fingerprint density at radius 1 is 1.19 bits per heavy atom. The summed E-state index contributed by atoms with van der Waals surface area (Å²) < 4.78 is 5.07. The summed E-state index contributed by atoms with van der Waals surface area (Å²) in [6.07, 6.45) is 1.59. The number of aromatic nitrogens is 2. The predicted molar refractivity (Wildman–Crippen MR) is 64.0 cm³/mol. The third kappa shape index (κ3) is 2.26. The number of ether oxygens (including phenoxy) is 1. The lowest BCUT2D eigenvalue weighted by Crippen LogP contribution is -1.89. The van der Waals surface area contributed by atoms with Crippen molar-refractivity contribution in [2.75, 3.05) is 7.11 Å². The van der Waals surface area contributed by atoms with E-state index in [-0.39, 0.29) is 5.28 Å². The van der Waals surface area contributed by atoms with Gasteiger partial charge < -0.3 is 4.74 Å². The van der Waals surface area contributed by atoms with E-state index in [0.717, 1.165) is 5.56 Å². The fourth-order valence-corrected chi connectivity index (χ4v) is 1.73. The zero-order valence-corrected chi connectivity index (χ0v) is 9.96. The maximum atomic E-state index is 6.11. The molecule has 16 heavy (non-hydrogen) atoms. The number of benzene rings is 1. The lowest BCUT2D eigenvalue weighted by Gasteiger charge is -2.05. The van der Waals surface area contributed by atoms with Crippen LogP contribution in [0.5, 0.6) is 5.75 Å². The molecule has 0 fully saturated rings. The van der Waals surface area contributed by atoms with Crippen LogP contribution in [0, 0.1) is 0 Å². The van der Waals surface area contributed by atoms with Gasteiger partial charge in [0.15, 0.2) is 0 Å². The van der Waals surface area contributed by atoms with Crippen LogP contribution in [-0.2, 0) is 0 Å². The van der Waals surface area contributed by atoms with Gasteiger partial charge in [0.2, 0.25) is 5.28 Å². The molecule has 0 aliphatic carbocycles. The molecule has 2 aromatic rings. The number of methoxy groups -OCH3 is 1. The molecule has 3 nitrogen and oxygen atoms in total. The zero-order chi connectivity index (χ0) is 11.5. The van der Waals surface area contributed by atoms with Gasteiger partial charge >= 0.3 is 0 Å². The van der Waals surface area contributed by atoms with E-state index in [2.05, 4.69) is 9.97 Å². The van der Waals surface area contributed by atoms with Crippen molar-refractivity contribution < 1.29 is 4.74 Å². The fourth-order valence-electron chi connectivity index (χ4n) is 1.32. The first-order chi connectivity index (χ1) is 7.70. The summed E-state index contributed by atoms with van der Waals surface area (Å²) in [5.74, 6) is 0.703. The topological polar surface area (TPSA) is 35.0 Å². The van der Waals surface area contributed by atoms with Crippen LogP contribution in [0.3, 0.4) is 0 Å². The van der Waals surface area contributed by atoms with Gasteiger partial charge in [-0.3, -0.25) is 0 Å². The monoisotopic (exact) mass is 254 g/mol. The minimum Gasteiger partial charge on any atom is -0.497 e. The summed E-state index contributed by atoms with van der Waals surface area (Å²) in [6, 6.07) is 7.13. The Morgan fingerprint density at radius 3 is 2.62 bits per heavy atom. The van der Waals surface area contributed by atoms with Crippen molar-refractivity contribution in [1.29, 1.82) is 0 Å². The van der Waals surface area contributed by atoms with Gasteiger partial charge in [0.05, 0.1) is 17.8 Å². The molecule has 2 rings (SSSR count). The van der Waals surface area contributed by atoms with Gasteiger partial charge in [-0.15, -0.1) is 0 Å². The van der Waals surface area contributed by atoms with Crippen LogP contribution in [0.2, 0.25) is 10.3 Å². The van der Waals surface area contributed by atoms with Crippen molar-refractivity contribution >= 4 is 23.2 Å².